The number of hydrogen-bond donors (Lipinski definition) is 1. The molecule has 1 aromatic heterocycles. The summed E-state index contributed by atoms with van der Waals surface area (Å²) in [6, 6.07) is 11.3. The molecule has 2 heterocycles. The summed E-state index contributed by atoms with van der Waals surface area (Å²) in [5.74, 6) is -0.489. The first-order valence-corrected chi connectivity index (χ1v) is 10.8. The highest BCUT2D eigenvalue weighted by Gasteiger charge is 2.33. The second kappa shape index (κ2) is 8.83. The van der Waals surface area contributed by atoms with Gasteiger partial charge in [0.25, 0.3) is 11.2 Å². The number of thiazole rings is 1. The van der Waals surface area contributed by atoms with Crippen LogP contribution in [0.3, 0.4) is 0 Å². The summed E-state index contributed by atoms with van der Waals surface area (Å²) in [5.41, 5.74) is 1.39. The fraction of sp³-hybridized carbons (Fsp3) is 0.174. The predicted molar refractivity (Wildman–Crippen MR) is 122 cm³/mol. The Bertz CT molecular complexity index is 1450. The Balaban J connectivity index is 1.93. The van der Waals surface area contributed by atoms with Crippen molar-refractivity contribution >= 4 is 29.1 Å². The Hall–Kier alpha value is -4.05. The number of carbonyl (C=O) groups excluding carboxylic acids is 1. The van der Waals surface area contributed by atoms with E-state index in [1.807, 2.05) is 0 Å². The quantitative estimate of drug-likeness (QED) is 0.351. The fourth-order valence-electron chi connectivity index (χ4n) is 3.61. The van der Waals surface area contributed by atoms with Gasteiger partial charge in [0, 0.05) is 12.1 Å². The fourth-order valence-corrected chi connectivity index (χ4v) is 4.65. The monoisotopic (exact) mass is 465 g/mol. The maximum atomic E-state index is 13.4. The van der Waals surface area contributed by atoms with E-state index >= 15 is 0 Å². The van der Waals surface area contributed by atoms with Gasteiger partial charge < -0.3 is 9.84 Å². The highest BCUT2D eigenvalue weighted by atomic mass is 32.1. The molecule has 33 heavy (non-hydrogen) atoms. The second-order valence-electron chi connectivity index (χ2n) is 7.24. The van der Waals surface area contributed by atoms with Crippen LogP contribution in [0.4, 0.5) is 5.69 Å². The molecule has 0 saturated carbocycles. The van der Waals surface area contributed by atoms with Crippen molar-refractivity contribution in [2.75, 3.05) is 6.61 Å². The lowest BCUT2D eigenvalue weighted by molar-refractivity contribution is -0.384. The molecule has 0 aliphatic carbocycles. The predicted octanol–water partition coefficient (Wildman–Crippen LogP) is 2.41. The molecule has 0 saturated heterocycles. The molecule has 10 heteroatoms. The van der Waals surface area contributed by atoms with Crippen LogP contribution in [0.2, 0.25) is 0 Å². The molecule has 0 fully saturated rings. The number of non-ortho nitro benzene ring substituents is 1. The minimum Gasteiger partial charge on any atom is -0.508 e. The van der Waals surface area contributed by atoms with E-state index in [-0.39, 0.29) is 29.2 Å². The van der Waals surface area contributed by atoms with Crippen LogP contribution >= 0.6 is 11.3 Å². The Kier molecular flexibility index (Phi) is 5.93. The van der Waals surface area contributed by atoms with Gasteiger partial charge in [-0.3, -0.25) is 19.5 Å². The Labute approximate surface area is 191 Å². The third-order valence-corrected chi connectivity index (χ3v) is 6.11. The summed E-state index contributed by atoms with van der Waals surface area (Å²) in [4.78, 5) is 41.7. The van der Waals surface area contributed by atoms with Gasteiger partial charge in [-0.05, 0) is 55.3 Å². The molecule has 3 aromatic rings. The molecule has 1 unspecified atom stereocenters. The van der Waals surface area contributed by atoms with Crippen molar-refractivity contribution in [3.63, 3.8) is 0 Å². The summed E-state index contributed by atoms with van der Waals surface area (Å²) in [7, 11) is 0. The summed E-state index contributed by atoms with van der Waals surface area (Å²) < 4.78 is 7.03. The van der Waals surface area contributed by atoms with E-state index in [9.17, 15) is 24.8 Å². The van der Waals surface area contributed by atoms with Gasteiger partial charge in [-0.1, -0.05) is 23.5 Å². The number of benzene rings is 2. The maximum Gasteiger partial charge on any atom is 0.338 e. The number of esters is 1. The van der Waals surface area contributed by atoms with Crippen molar-refractivity contribution in [1.29, 1.82) is 0 Å². The van der Waals surface area contributed by atoms with E-state index in [0.29, 0.717) is 26.2 Å². The number of aromatic nitrogens is 1. The van der Waals surface area contributed by atoms with Crippen molar-refractivity contribution < 1.29 is 19.6 Å². The molecule has 1 N–H and O–H groups in total. The third kappa shape index (κ3) is 4.20. The first-order valence-electron chi connectivity index (χ1n) is 10.0. The van der Waals surface area contributed by atoms with Gasteiger partial charge in [0.1, 0.15) is 5.75 Å². The molecular weight excluding hydrogens is 446 g/mol. The number of nitro groups is 1. The largest absolute Gasteiger partial charge is 0.508 e. The SMILES string of the molecule is CCOC(=O)C1=C(C)N=c2sc(=Cc3ccc(O)cc3)c(=O)n2C1c1ccc([N+](=O)[O-])cc1. The third-order valence-electron chi connectivity index (χ3n) is 5.13. The van der Waals surface area contributed by atoms with Crippen LogP contribution in [0, 0.1) is 10.1 Å². The topological polar surface area (TPSA) is 124 Å². The summed E-state index contributed by atoms with van der Waals surface area (Å²) in [5, 5.41) is 20.6. The molecule has 1 aliphatic rings. The molecule has 1 aliphatic heterocycles. The van der Waals surface area contributed by atoms with Crippen molar-refractivity contribution in [3.8, 4) is 5.75 Å². The van der Waals surface area contributed by atoms with Gasteiger partial charge >= 0.3 is 5.97 Å². The van der Waals surface area contributed by atoms with E-state index in [0.717, 1.165) is 0 Å². The number of fused-ring (bicyclic) bond motifs is 1. The van der Waals surface area contributed by atoms with E-state index in [4.69, 9.17) is 4.74 Å². The molecule has 1 atom stereocenters. The van der Waals surface area contributed by atoms with Crippen LogP contribution in [0.15, 0.2) is 69.6 Å². The number of carbonyl (C=O) groups is 1. The minimum absolute atomic E-state index is 0.100. The Morgan fingerprint density at radius 2 is 1.91 bits per heavy atom. The molecule has 0 spiro atoms. The summed E-state index contributed by atoms with van der Waals surface area (Å²) in [6.45, 7) is 3.50. The average Bonchev–Trinajstić information content (AvgIpc) is 3.09. The van der Waals surface area contributed by atoms with Gasteiger partial charge in [-0.25, -0.2) is 9.79 Å². The number of allylic oxidation sites excluding steroid dienone is 1. The smallest absolute Gasteiger partial charge is 0.338 e. The van der Waals surface area contributed by atoms with Gasteiger partial charge in [0.2, 0.25) is 0 Å². The lowest BCUT2D eigenvalue weighted by Crippen LogP contribution is -2.39. The lowest BCUT2D eigenvalue weighted by atomic mass is 9.95. The lowest BCUT2D eigenvalue weighted by Gasteiger charge is -2.24. The molecule has 0 bridgehead atoms. The van der Waals surface area contributed by atoms with Crippen LogP contribution in [-0.4, -0.2) is 27.2 Å². The van der Waals surface area contributed by atoms with Crippen LogP contribution in [-0.2, 0) is 9.53 Å². The molecule has 9 nitrogen and oxygen atoms in total. The van der Waals surface area contributed by atoms with Crippen LogP contribution < -0.4 is 14.9 Å². The van der Waals surface area contributed by atoms with Crippen molar-refractivity contribution in [1.82, 2.24) is 4.57 Å². The Morgan fingerprint density at radius 1 is 1.24 bits per heavy atom. The minimum atomic E-state index is -0.844. The van der Waals surface area contributed by atoms with Crippen LogP contribution in [0.5, 0.6) is 5.75 Å². The highest BCUT2D eigenvalue weighted by molar-refractivity contribution is 7.07. The number of hydrogen-bond acceptors (Lipinski definition) is 8. The van der Waals surface area contributed by atoms with Gasteiger partial charge in [-0.2, -0.15) is 0 Å². The molecular formula is C23H19N3O6S. The normalized spacial score (nSPS) is 15.7. The van der Waals surface area contributed by atoms with Crippen molar-refractivity contribution in [2.45, 2.75) is 19.9 Å². The van der Waals surface area contributed by atoms with E-state index in [2.05, 4.69) is 4.99 Å². The average molecular weight is 465 g/mol. The number of rotatable bonds is 5. The Morgan fingerprint density at radius 3 is 2.52 bits per heavy atom. The molecule has 168 valence electrons. The number of nitrogens with zero attached hydrogens (tertiary/aromatic N) is 3. The van der Waals surface area contributed by atoms with Crippen LogP contribution in [0.25, 0.3) is 6.08 Å². The zero-order valence-electron chi connectivity index (χ0n) is 17.7. The standard InChI is InChI=1S/C23H19N3O6S/c1-3-32-22(29)19-13(2)24-23-25(20(19)15-6-8-16(9-7-15)26(30)31)21(28)18(33-23)12-14-4-10-17(27)11-5-14/h4-12,20,27H,3H2,1-2H3. The molecule has 0 radical (unpaired) electrons. The van der Waals surface area contributed by atoms with E-state index < -0.39 is 16.9 Å². The molecule has 2 aromatic carbocycles. The number of phenolic OH excluding ortho intramolecular Hbond substituents is 1. The molecule has 4 rings (SSSR count). The number of nitro benzene ring substituents is 1. The second-order valence-corrected chi connectivity index (χ2v) is 8.25. The zero-order chi connectivity index (χ0) is 23.7. The van der Waals surface area contributed by atoms with Gasteiger partial charge in [0.05, 0.1) is 33.4 Å². The highest BCUT2D eigenvalue weighted by Crippen LogP contribution is 2.31. The van der Waals surface area contributed by atoms with Crippen molar-refractivity contribution in [2.24, 2.45) is 4.99 Å². The van der Waals surface area contributed by atoms with Crippen LogP contribution in [0.1, 0.15) is 31.0 Å². The molecule has 0 amide bonds. The van der Waals surface area contributed by atoms with E-state index in [1.54, 1.807) is 32.1 Å². The zero-order valence-corrected chi connectivity index (χ0v) is 18.5. The van der Waals surface area contributed by atoms with Gasteiger partial charge in [0.15, 0.2) is 4.80 Å². The first-order chi connectivity index (χ1) is 15.8. The first kappa shape index (κ1) is 22.2. The van der Waals surface area contributed by atoms with Crippen molar-refractivity contribution in [3.05, 3.63) is 101 Å². The number of aromatic hydroxyl groups is 1. The summed E-state index contributed by atoms with van der Waals surface area (Å²) in [6.07, 6.45) is 1.68. The van der Waals surface area contributed by atoms with Gasteiger partial charge in [-0.15, -0.1) is 0 Å². The maximum absolute atomic E-state index is 13.4. The van der Waals surface area contributed by atoms with E-state index in [1.165, 1.54) is 52.3 Å². The summed E-state index contributed by atoms with van der Waals surface area (Å²) >= 11 is 1.17. The number of phenols is 1. The number of ether oxygens (including phenoxy) is 1.